The average Bonchev–Trinajstić information content (AvgIpc) is 3.06. The highest BCUT2D eigenvalue weighted by Crippen LogP contribution is 2.28. The van der Waals surface area contributed by atoms with Gasteiger partial charge in [0.05, 0.1) is 6.54 Å². The zero-order valence-corrected chi connectivity index (χ0v) is 16.1. The third-order valence-electron chi connectivity index (χ3n) is 5.08. The summed E-state index contributed by atoms with van der Waals surface area (Å²) in [6.45, 7) is 2.67. The minimum absolute atomic E-state index is 0.0212. The van der Waals surface area contributed by atoms with Crippen molar-refractivity contribution in [1.29, 1.82) is 0 Å². The summed E-state index contributed by atoms with van der Waals surface area (Å²) in [6.07, 6.45) is 5.90. The normalized spacial score (nSPS) is 13.5. The van der Waals surface area contributed by atoms with Crippen LogP contribution in [0, 0.1) is 6.92 Å². The Hall–Kier alpha value is -3.45. The summed E-state index contributed by atoms with van der Waals surface area (Å²) in [7, 11) is 0. The van der Waals surface area contributed by atoms with Crippen LogP contribution in [-0.2, 0) is 29.1 Å². The molecule has 0 saturated heterocycles. The number of nitrogens with one attached hydrogen (secondary N) is 2. The molecule has 148 valence electrons. The van der Waals surface area contributed by atoms with Crippen LogP contribution < -0.4 is 16.4 Å². The number of aryl methyl sites for hydroxylation is 2. The molecule has 1 aromatic carbocycles. The second-order valence-electron chi connectivity index (χ2n) is 7.02. The Bertz CT molecular complexity index is 1130. The number of anilines is 1. The van der Waals surface area contributed by atoms with Crippen molar-refractivity contribution in [1.82, 2.24) is 10.3 Å². The summed E-state index contributed by atoms with van der Waals surface area (Å²) < 4.78 is 5.94. The van der Waals surface area contributed by atoms with Gasteiger partial charge in [-0.2, -0.15) is 0 Å². The molecule has 29 heavy (non-hydrogen) atoms. The Morgan fingerprint density at radius 3 is 3.07 bits per heavy atom. The van der Waals surface area contributed by atoms with E-state index in [1.54, 1.807) is 12.3 Å². The van der Waals surface area contributed by atoms with Crippen molar-refractivity contribution in [3.8, 4) is 0 Å². The predicted molar refractivity (Wildman–Crippen MR) is 111 cm³/mol. The SMILES string of the molecule is Cc1c(CNC(=O)/C=C/c2cnc3c(c2)CCC(=O)N3)oc2c(CN)cccc12. The van der Waals surface area contributed by atoms with Crippen molar-refractivity contribution in [2.75, 3.05) is 5.32 Å². The number of carbonyl (C=O) groups excluding carboxylic acids is 2. The van der Waals surface area contributed by atoms with E-state index < -0.39 is 0 Å². The van der Waals surface area contributed by atoms with Crippen LogP contribution in [0.25, 0.3) is 17.0 Å². The molecule has 7 heteroatoms. The quantitative estimate of drug-likeness (QED) is 0.580. The lowest BCUT2D eigenvalue weighted by Gasteiger charge is -2.15. The fourth-order valence-electron chi connectivity index (χ4n) is 3.44. The number of fused-ring (bicyclic) bond motifs is 2. The van der Waals surface area contributed by atoms with Crippen molar-refractivity contribution in [2.24, 2.45) is 5.73 Å². The van der Waals surface area contributed by atoms with E-state index in [1.807, 2.05) is 31.2 Å². The minimum atomic E-state index is -0.227. The highest BCUT2D eigenvalue weighted by Gasteiger charge is 2.16. The maximum absolute atomic E-state index is 12.2. The number of amides is 2. The first-order valence-corrected chi connectivity index (χ1v) is 9.50. The highest BCUT2D eigenvalue weighted by atomic mass is 16.3. The zero-order chi connectivity index (χ0) is 20.4. The Labute approximate surface area is 168 Å². The smallest absolute Gasteiger partial charge is 0.244 e. The van der Waals surface area contributed by atoms with Gasteiger partial charge in [0.25, 0.3) is 0 Å². The number of rotatable bonds is 5. The molecule has 2 amide bonds. The minimum Gasteiger partial charge on any atom is -0.459 e. The van der Waals surface area contributed by atoms with Crippen molar-refractivity contribution in [3.05, 3.63) is 64.6 Å². The molecular weight excluding hydrogens is 368 g/mol. The number of aromatic nitrogens is 1. The number of nitrogens with two attached hydrogens (primary N) is 1. The van der Waals surface area contributed by atoms with Crippen molar-refractivity contribution < 1.29 is 14.0 Å². The van der Waals surface area contributed by atoms with Crippen LogP contribution in [0.4, 0.5) is 5.82 Å². The van der Waals surface area contributed by atoms with Gasteiger partial charge in [-0.1, -0.05) is 18.2 Å². The fourth-order valence-corrected chi connectivity index (χ4v) is 3.44. The Balaban J connectivity index is 1.42. The summed E-state index contributed by atoms with van der Waals surface area (Å²) in [6, 6.07) is 7.82. The molecule has 0 bridgehead atoms. The lowest BCUT2D eigenvalue weighted by Crippen LogP contribution is -2.20. The van der Waals surface area contributed by atoms with Crippen LogP contribution in [0.1, 0.15) is 34.4 Å². The monoisotopic (exact) mass is 390 g/mol. The third-order valence-corrected chi connectivity index (χ3v) is 5.08. The van der Waals surface area contributed by atoms with Gasteiger partial charge in [-0.15, -0.1) is 0 Å². The molecule has 0 fully saturated rings. The van der Waals surface area contributed by atoms with E-state index in [-0.39, 0.29) is 11.8 Å². The highest BCUT2D eigenvalue weighted by molar-refractivity contribution is 5.94. The summed E-state index contributed by atoms with van der Waals surface area (Å²) in [5, 5.41) is 6.61. The van der Waals surface area contributed by atoms with E-state index in [2.05, 4.69) is 15.6 Å². The Morgan fingerprint density at radius 2 is 2.24 bits per heavy atom. The number of nitrogens with zero attached hydrogens (tertiary/aromatic N) is 1. The maximum atomic E-state index is 12.2. The van der Waals surface area contributed by atoms with Crippen LogP contribution in [0.15, 0.2) is 41.0 Å². The Kier molecular flexibility index (Phi) is 5.14. The third kappa shape index (κ3) is 3.90. The molecule has 1 aliphatic rings. The average molecular weight is 390 g/mol. The lowest BCUT2D eigenvalue weighted by molar-refractivity contribution is -0.117. The fraction of sp³-hybridized carbons (Fsp3) is 0.227. The molecule has 0 saturated carbocycles. The summed E-state index contributed by atoms with van der Waals surface area (Å²) in [5.74, 6) is 1.07. The number of hydrogen-bond donors (Lipinski definition) is 3. The van der Waals surface area contributed by atoms with Gasteiger partial charge in [0.15, 0.2) is 0 Å². The second-order valence-corrected chi connectivity index (χ2v) is 7.02. The van der Waals surface area contributed by atoms with Crippen LogP contribution in [0.5, 0.6) is 0 Å². The van der Waals surface area contributed by atoms with Crippen LogP contribution in [-0.4, -0.2) is 16.8 Å². The van der Waals surface area contributed by atoms with E-state index in [4.69, 9.17) is 10.2 Å². The largest absolute Gasteiger partial charge is 0.459 e. The predicted octanol–water partition coefficient (Wildman–Crippen LogP) is 2.81. The van der Waals surface area contributed by atoms with Gasteiger partial charge in [0.1, 0.15) is 17.2 Å². The van der Waals surface area contributed by atoms with Gasteiger partial charge in [0, 0.05) is 41.8 Å². The molecule has 2 aromatic heterocycles. The van der Waals surface area contributed by atoms with Crippen molar-refractivity contribution in [2.45, 2.75) is 32.9 Å². The van der Waals surface area contributed by atoms with E-state index in [0.29, 0.717) is 37.5 Å². The number of carbonyl (C=O) groups is 2. The van der Waals surface area contributed by atoms with Gasteiger partial charge in [-0.3, -0.25) is 9.59 Å². The topological polar surface area (TPSA) is 110 Å². The van der Waals surface area contributed by atoms with E-state index >= 15 is 0 Å². The molecule has 4 N–H and O–H groups in total. The molecule has 0 spiro atoms. The molecule has 0 aliphatic carbocycles. The van der Waals surface area contributed by atoms with E-state index in [1.165, 1.54) is 6.08 Å². The number of benzene rings is 1. The van der Waals surface area contributed by atoms with Gasteiger partial charge < -0.3 is 20.8 Å². The summed E-state index contributed by atoms with van der Waals surface area (Å²) >= 11 is 0. The number of furan rings is 1. The number of hydrogen-bond acceptors (Lipinski definition) is 5. The van der Waals surface area contributed by atoms with Crippen molar-refractivity contribution >= 4 is 34.7 Å². The zero-order valence-electron chi connectivity index (χ0n) is 16.1. The lowest BCUT2D eigenvalue weighted by atomic mass is 10.0. The molecule has 1 aliphatic heterocycles. The molecule has 0 unspecified atom stereocenters. The Morgan fingerprint density at radius 1 is 1.38 bits per heavy atom. The first kappa shape index (κ1) is 18.9. The molecule has 0 radical (unpaired) electrons. The van der Waals surface area contributed by atoms with E-state index in [0.717, 1.165) is 33.2 Å². The van der Waals surface area contributed by atoms with Crippen LogP contribution >= 0.6 is 0 Å². The molecule has 0 atom stereocenters. The molecule has 4 rings (SSSR count). The second kappa shape index (κ2) is 7.89. The van der Waals surface area contributed by atoms with Gasteiger partial charge in [-0.05, 0) is 36.6 Å². The standard InChI is InChI=1S/C22H22N4O3/c1-13-17-4-2-3-16(10-23)21(17)29-18(13)12-24-19(27)7-5-14-9-15-6-8-20(28)26-22(15)25-11-14/h2-5,7,9,11H,6,8,10,12,23H2,1H3,(H,24,27)(H,25,26,28)/b7-5+. The molecule has 3 aromatic rings. The summed E-state index contributed by atoms with van der Waals surface area (Å²) in [4.78, 5) is 27.9. The van der Waals surface area contributed by atoms with Gasteiger partial charge >= 0.3 is 0 Å². The first-order valence-electron chi connectivity index (χ1n) is 9.50. The van der Waals surface area contributed by atoms with Gasteiger partial charge in [-0.25, -0.2) is 4.98 Å². The number of para-hydroxylation sites is 1. The molecular formula is C22H22N4O3. The van der Waals surface area contributed by atoms with Crippen LogP contribution in [0.3, 0.4) is 0 Å². The van der Waals surface area contributed by atoms with Crippen LogP contribution in [0.2, 0.25) is 0 Å². The van der Waals surface area contributed by atoms with Gasteiger partial charge in [0.2, 0.25) is 11.8 Å². The number of pyridine rings is 1. The molecule has 3 heterocycles. The first-order chi connectivity index (χ1) is 14.0. The van der Waals surface area contributed by atoms with E-state index in [9.17, 15) is 9.59 Å². The summed E-state index contributed by atoms with van der Waals surface area (Å²) in [5.41, 5.74) is 10.3. The van der Waals surface area contributed by atoms with Crippen molar-refractivity contribution in [3.63, 3.8) is 0 Å². The maximum Gasteiger partial charge on any atom is 0.244 e. The molecule has 7 nitrogen and oxygen atoms in total.